The minimum absolute atomic E-state index is 0.392. The first-order valence-corrected chi connectivity index (χ1v) is 7.76. The van der Waals surface area contributed by atoms with Crippen LogP contribution in [0.1, 0.15) is 39.0 Å². The van der Waals surface area contributed by atoms with Gasteiger partial charge in [0.05, 0.1) is 0 Å². The number of rotatable bonds is 4. The molecule has 0 bridgehead atoms. The smallest absolute Gasteiger partial charge is 0.318 e. The monoisotopic (exact) mass is 328 g/mol. The lowest BCUT2D eigenvalue weighted by Crippen LogP contribution is -2.53. The van der Waals surface area contributed by atoms with Crippen molar-refractivity contribution in [2.45, 2.75) is 51.0 Å². The number of halogens is 2. The molecule has 0 aromatic carbocycles. The van der Waals surface area contributed by atoms with Gasteiger partial charge in [-0.1, -0.05) is 0 Å². The Balaban J connectivity index is 1.97. The van der Waals surface area contributed by atoms with E-state index in [2.05, 4.69) is 5.32 Å². The highest BCUT2D eigenvalue weighted by Gasteiger charge is 2.45. The number of carbonyl (C=O) groups excluding carboxylic acids is 2. The summed E-state index contributed by atoms with van der Waals surface area (Å²) in [6.45, 7) is 1.83. The SMILES string of the molecule is CN(C#N)C(=O)[C@H](CC(C)(F)F)NC(=O)N1CCC2(CC1)CC2. The van der Waals surface area contributed by atoms with Crippen LogP contribution in [0.4, 0.5) is 13.6 Å². The molecular formula is C15H22F2N4O2. The van der Waals surface area contributed by atoms with Gasteiger partial charge in [-0.15, -0.1) is 0 Å². The molecule has 2 rings (SSSR count). The summed E-state index contributed by atoms with van der Waals surface area (Å²) in [5.74, 6) is -3.96. The molecule has 0 unspecified atom stereocenters. The molecule has 1 atom stereocenters. The summed E-state index contributed by atoms with van der Waals surface area (Å²) >= 11 is 0. The number of hydrogen-bond acceptors (Lipinski definition) is 3. The standard InChI is InChI=1S/C15H22F2N4O2/c1-14(16,17)9-11(12(22)20(2)10-18)19-13(23)21-7-5-15(3-4-15)6-8-21/h11H,3-9H2,1-2H3,(H,19,23)/t11-/m0/s1. The largest absolute Gasteiger partial charge is 0.326 e. The summed E-state index contributed by atoms with van der Waals surface area (Å²) in [4.78, 5) is 26.5. The van der Waals surface area contributed by atoms with Gasteiger partial charge in [0, 0.05) is 26.6 Å². The van der Waals surface area contributed by atoms with Crippen molar-refractivity contribution in [3.8, 4) is 6.19 Å². The first kappa shape index (κ1) is 17.4. The van der Waals surface area contributed by atoms with Crippen LogP contribution in [0.3, 0.4) is 0 Å². The average Bonchev–Trinajstić information content (AvgIpc) is 3.23. The molecule has 1 spiro atoms. The van der Waals surface area contributed by atoms with Gasteiger partial charge in [-0.3, -0.25) is 9.69 Å². The van der Waals surface area contributed by atoms with Gasteiger partial charge in [0.1, 0.15) is 6.04 Å². The van der Waals surface area contributed by atoms with Crippen molar-refractivity contribution in [1.82, 2.24) is 15.1 Å². The maximum atomic E-state index is 13.3. The predicted molar refractivity (Wildman–Crippen MR) is 78.4 cm³/mol. The fourth-order valence-electron chi connectivity index (χ4n) is 2.94. The minimum atomic E-state index is -3.12. The van der Waals surface area contributed by atoms with E-state index in [-0.39, 0.29) is 0 Å². The summed E-state index contributed by atoms with van der Waals surface area (Å²) in [6, 6.07) is -1.93. The Morgan fingerprint density at radius 3 is 2.35 bits per heavy atom. The molecule has 1 heterocycles. The van der Waals surface area contributed by atoms with Crippen LogP contribution in [0.2, 0.25) is 0 Å². The van der Waals surface area contributed by atoms with Gasteiger partial charge in [0.2, 0.25) is 5.92 Å². The Kier molecular flexibility index (Phi) is 4.78. The summed E-state index contributed by atoms with van der Waals surface area (Å²) in [5, 5.41) is 11.1. The van der Waals surface area contributed by atoms with Crippen LogP contribution in [0, 0.1) is 16.9 Å². The highest BCUT2D eigenvalue weighted by molar-refractivity contribution is 5.87. The molecule has 0 radical (unpaired) electrons. The second-order valence-electron chi connectivity index (χ2n) is 6.76. The highest BCUT2D eigenvalue weighted by atomic mass is 19.3. The lowest BCUT2D eigenvalue weighted by molar-refractivity contribution is -0.131. The number of nitrogens with zero attached hydrogens (tertiary/aromatic N) is 3. The van der Waals surface area contributed by atoms with E-state index in [0.717, 1.165) is 12.8 Å². The lowest BCUT2D eigenvalue weighted by atomic mass is 9.94. The van der Waals surface area contributed by atoms with Crippen LogP contribution in [0.5, 0.6) is 0 Å². The highest BCUT2D eigenvalue weighted by Crippen LogP contribution is 2.53. The summed E-state index contributed by atoms with van der Waals surface area (Å²) < 4.78 is 26.6. The van der Waals surface area contributed by atoms with Gasteiger partial charge in [0.15, 0.2) is 6.19 Å². The van der Waals surface area contributed by atoms with E-state index in [9.17, 15) is 18.4 Å². The Morgan fingerprint density at radius 2 is 1.91 bits per heavy atom. The molecular weight excluding hydrogens is 306 g/mol. The lowest BCUT2D eigenvalue weighted by Gasteiger charge is -2.33. The molecule has 1 aliphatic heterocycles. The molecule has 1 saturated carbocycles. The maximum Gasteiger partial charge on any atom is 0.318 e. The first-order valence-electron chi connectivity index (χ1n) is 7.76. The third-order valence-corrected chi connectivity index (χ3v) is 4.71. The van der Waals surface area contributed by atoms with Crippen molar-refractivity contribution in [2.75, 3.05) is 20.1 Å². The quantitative estimate of drug-likeness (QED) is 0.633. The molecule has 2 fully saturated rings. The second-order valence-corrected chi connectivity index (χ2v) is 6.76. The Morgan fingerprint density at radius 1 is 1.35 bits per heavy atom. The number of amides is 3. The van der Waals surface area contributed by atoms with E-state index in [4.69, 9.17) is 5.26 Å². The molecule has 23 heavy (non-hydrogen) atoms. The van der Waals surface area contributed by atoms with E-state index in [1.807, 2.05) is 0 Å². The van der Waals surface area contributed by atoms with Gasteiger partial charge >= 0.3 is 6.03 Å². The van der Waals surface area contributed by atoms with Crippen molar-refractivity contribution in [3.05, 3.63) is 0 Å². The number of alkyl halides is 2. The van der Waals surface area contributed by atoms with Gasteiger partial charge in [0.25, 0.3) is 5.91 Å². The third kappa shape index (κ3) is 4.53. The molecule has 6 nitrogen and oxygen atoms in total. The van der Waals surface area contributed by atoms with Crippen LogP contribution in [0.25, 0.3) is 0 Å². The fraction of sp³-hybridized carbons (Fsp3) is 0.800. The molecule has 1 saturated heterocycles. The van der Waals surface area contributed by atoms with E-state index < -0.39 is 30.3 Å². The van der Waals surface area contributed by atoms with Crippen LogP contribution in [-0.4, -0.2) is 53.8 Å². The molecule has 0 aromatic rings. The summed E-state index contributed by atoms with van der Waals surface area (Å²) in [6.07, 6.45) is 4.97. The number of nitrogens with one attached hydrogen (secondary N) is 1. The third-order valence-electron chi connectivity index (χ3n) is 4.71. The van der Waals surface area contributed by atoms with E-state index in [1.54, 1.807) is 11.1 Å². The molecule has 1 aliphatic carbocycles. The van der Waals surface area contributed by atoms with E-state index in [1.165, 1.54) is 19.9 Å². The molecule has 0 aromatic heterocycles. The van der Waals surface area contributed by atoms with Crippen molar-refractivity contribution in [1.29, 1.82) is 5.26 Å². The zero-order valence-corrected chi connectivity index (χ0v) is 13.4. The Bertz CT molecular complexity index is 513. The number of nitriles is 1. The number of urea groups is 1. The van der Waals surface area contributed by atoms with Crippen LogP contribution < -0.4 is 5.32 Å². The van der Waals surface area contributed by atoms with Crippen molar-refractivity contribution < 1.29 is 18.4 Å². The van der Waals surface area contributed by atoms with Crippen LogP contribution in [0.15, 0.2) is 0 Å². The molecule has 1 N–H and O–H groups in total. The van der Waals surface area contributed by atoms with Gasteiger partial charge in [-0.05, 0) is 38.0 Å². The maximum absolute atomic E-state index is 13.3. The molecule has 2 aliphatic rings. The number of likely N-dealkylation sites (N-methyl/N-ethyl adjacent to an activating group) is 1. The normalized spacial score (nSPS) is 20.6. The van der Waals surface area contributed by atoms with E-state index >= 15 is 0 Å². The van der Waals surface area contributed by atoms with Crippen molar-refractivity contribution >= 4 is 11.9 Å². The number of likely N-dealkylation sites (tertiary alicyclic amines) is 1. The fourth-order valence-corrected chi connectivity index (χ4v) is 2.94. The molecule has 128 valence electrons. The van der Waals surface area contributed by atoms with Gasteiger partial charge < -0.3 is 10.2 Å². The van der Waals surface area contributed by atoms with E-state index in [0.29, 0.717) is 30.3 Å². The zero-order valence-electron chi connectivity index (χ0n) is 13.4. The van der Waals surface area contributed by atoms with Crippen LogP contribution >= 0.6 is 0 Å². The topological polar surface area (TPSA) is 76.4 Å². The van der Waals surface area contributed by atoms with Gasteiger partial charge in [-0.25, -0.2) is 13.6 Å². The van der Waals surface area contributed by atoms with Crippen molar-refractivity contribution in [2.24, 2.45) is 5.41 Å². The first-order chi connectivity index (χ1) is 10.7. The zero-order chi connectivity index (χ0) is 17.3. The Hall–Kier alpha value is -1.91. The number of piperidine rings is 1. The minimum Gasteiger partial charge on any atom is -0.326 e. The van der Waals surface area contributed by atoms with Crippen molar-refractivity contribution in [3.63, 3.8) is 0 Å². The molecule has 8 heteroatoms. The average molecular weight is 328 g/mol. The van der Waals surface area contributed by atoms with Gasteiger partial charge in [-0.2, -0.15) is 5.26 Å². The summed E-state index contributed by atoms with van der Waals surface area (Å²) in [5.41, 5.74) is 0.392. The number of carbonyl (C=O) groups is 2. The summed E-state index contributed by atoms with van der Waals surface area (Å²) in [7, 11) is 1.19. The second kappa shape index (κ2) is 6.30. The Labute approximate surface area is 134 Å². The van der Waals surface area contributed by atoms with Crippen LogP contribution in [-0.2, 0) is 4.79 Å². The predicted octanol–water partition coefficient (Wildman–Crippen LogP) is 1.93. The molecule has 3 amide bonds. The number of hydrogen-bond donors (Lipinski definition) is 1.